The molecule has 19 heteroatoms. The highest BCUT2D eigenvalue weighted by Crippen LogP contribution is 2.09. The molecule has 0 aliphatic carbocycles. The largest absolute Gasteiger partial charge is 0.481 e. The van der Waals surface area contributed by atoms with E-state index in [0.29, 0.717) is 38.6 Å². The van der Waals surface area contributed by atoms with Crippen LogP contribution in [0.2, 0.25) is 0 Å². The summed E-state index contributed by atoms with van der Waals surface area (Å²) in [5.41, 5.74) is 17.2. The van der Waals surface area contributed by atoms with Crippen molar-refractivity contribution in [2.45, 2.75) is 134 Å². The molecule has 0 radical (unpaired) electrons. The molecule has 0 saturated carbocycles. The SMILES string of the molecule is CC(C)C[C@H](N)C(=O)N[C@@H](CCCCN)C(=O)N[C@@H](CCCCN)C(=O)N[C@H](C(=O)N[C@@H](CCC(=O)O)C(=O)N[C@H](C(=O)O)[C@@H](C)O)[C@@H](C)O. The van der Waals surface area contributed by atoms with Crippen molar-refractivity contribution < 1.29 is 54.0 Å². The summed E-state index contributed by atoms with van der Waals surface area (Å²) in [5.74, 6) is -7.21. The van der Waals surface area contributed by atoms with Gasteiger partial charge >= 0.3 is 11.9 Å². The Kier molecular flexibility index (Phi) is 22.4. The fourth-order valence-corrected chi connectivity index (χ4v) is 4.79. The van der Waals surface area contributed by atoms with Gasteiger partial charge in [0, 0.05) is 6.42 Å². The van der Waals surface area contributed by atoms with Crippen molar-refractivity contribution in [3.05, 3.63) is 0 Å². The first-order valence-corrected chi connectivity index (χ1v) is 16.8. The number of carboxylic acids is 2. The molecule has 0 aliphatic heterocycles. The van der Waals surface area contributed by atoms with Gasteiger partial charge in [-0.2, -0.15) is 0 Å². The predicted octanol–water partition coefficient (Wildman–Crippen LogP) is -3.25. The molecule has 0 aromatic heterocycles. The number of carbonyl (C=O) groups excluding carboxylic acids is 5. The maximum absolute atomic E-state index is 13.5. The maximum atomic E-state index is 13.5. The van der Waals surface area contributed by atoms with Crippen molar-refractivity contribution in [3.8, 4) is 0 Å². The van der Waals surface area contributed by atoms with Crippen LogP contribution in [0, 0.1) is 5.92 Å². The zero-order chi connectivity index (χ0) is 38.6. The van der Waals surface area contributed by atoms with E-state index in [2.05, 4.69) is 21.3 Å². The fourth-order valence-electron chi connectivity index (χ4n) is 4.79. The minimum Gasteiger partial charge on any atom is -0.481 e. The second-order valence-corrected chi connectivity index (χ2v) is 12.7. The first-order valence-electron chi connectivity index (χ1n) is 16.8. The van der Waals surface area contributed by atoms with Crippen LogP contribution in [0.5, 0.6) is 0 Å². The number of aliphatic hydroxyl groups is 2. The molecule has 0 saturated heterocycles. The summed E-state index contributed by atoms with van der Waals surface area (Å²) in [5, 5.41) is 50.5. The molecule has 15 N–H and O–H groups in total. The monoisotopic (exact) mass is 718 g/mol. The number of amides is 5. The molecule has 0 aromatic carbocycles. The molecule has 288 valence electrons. The molecule has 50 heavy (non-hydrogen) atoms. The molecular weight excluding hydrogens is 660 g/mol. The van der Waals surface area contributed by atoms with E-state index >= 15 is 0 Å². The average molecular weight is 719 g/mol. The lowest BCUT2D eigenvalue weighted by molar-refractivity contribution is -0.145. The Morgan fingerprint density at radius 3 is 1.36 bits per heavy atom. The van der Waals surface area contributed by atoms with E-state index in [1.807, 2.05) is 19.2 Å². The van der Waals surface area contributed by atoms with Crippen LogP contribution in [0.25, 0.3) is 0 Å². The van der Waals surface area contributed by atoms with E-state index in [-0.39, 0.29) is 25.3 Å². The Balaban J connectivity index is 6.14. The molecular formula is C31H58N8O11. The fraction of sp³-hybridized carbons (Fsp3) is 0.774. The molecule has 0 fully saturated rings. The highest BCUT2D eigenvalue weighted by atomic mass is 16.4. The molecule has 0 heterocycles. The predicted molar refractivity (Wildman–Crippen MR) is 181 cm³/mol. The van der Waals surface area contributed by atoms with Crippen LogP contribution in [-0.2, 0) is 33.6 Å². The first-order chi connectivity index (χ1) is 23.4. The van der Waals surface area contributed by atoms with Gasteiger partial charge in [-0.3, -0.25) is 28.8 Å². The molecule has 0 aliphatic rings. The highest BCUT2D eigenvalue weighted by Gasteiger charge is 2.35. The van der Waals surface area contributed by atoms with Crippen molar-refractivity contribution >= 4 is 41.5 Å². The van der Waals surface area contributed by atoms with Gasteiger partial charge in [0.25, 0.3) is 0 Å². The van der Waals surface area contributed by atoms with E-state index in [9.17, 15) is 48.9 Å². The van der Waals surface area contributed by atoms with Gasteiger partial charge in [0.15, 0.2) is 6.04 Å². The second-order valence-electron chi connectivity index (χ2n) is 12.7. The third-order valence-corrected chi connectivity index (χ3v) is 7.61. The molecule has 0 rings (SSSR count). The van der Waals surface area contributed by atoms with Crippen LogP contribution >= 0.6 is 0 Å². The van der Waals surface area contributed by atoms with Gasteiger partial charge in [-0.15, -0.1) is 0 Å². The summed E-state index contributed by atoms with van der Waals surface area (Å²) in [4.78, 5) is 88.7. The van der Waals surface area contributed by atoms with Crippen molar-refractivity contribution in [3.63, 3.8) is 0 Å². The van der Waals surface area contributed by atoms with Gasteiger partial charge in [0.2, 0.25) is 29.5 Å². The Hall–Kier alpha value is -3.91. The van der Waals surface area contributed by atoms with Gasteiger partial charge in [-0.05, 0) is 84.2 Å². The Morgan fingerprint density at radius 1 is 0.560 bits per heavy atom. The molecule has 0 aromatic rings. The average Bonchev–Trinajstić information content (AvgIpc) is 3.02. The summed E-state index contributed by atoms with van der Waals surface area (Å²) in [6.45, 7) is 6.67. The van der Waals surface area contributed by atoms with Crippen LogP contribution in [0.3, 0.4) is 0 Å². The van der Waals surface area contributed by atoms with Crippen molar-refractivity contribution in [2.75, 3.05) is 13.1 Å². The minimum atomic E-state index is -1.79. The number of unbranched alkanes of at least 4 members (excludes halogenated alkanes) is 2. The maximum Gasteiger partial charge on any atom is 0.328 e. The van der Waals surface area contributed by atoms with Crippen molar-refractivity contribution in [2.24, 2.45) is 23.1 Å². The Morgan fingerprint density at radius 2 is 0.960 bits per heavy atom. The number of nitrogens with two attached hydrogens (primary N) is 3. The molecule has 5 amide bonds. The number of aliphatic hydroxyl groups excluding tert-OH is 2. The van der Waals surface area contributed by atoms with E-state index in [0.717, 1.165) is 13.8 Å². The lowest BCUT2D eigenvalue weighted by Gasteiger charge is -2.28. The van der Waals surface area contributed by atoms with Crippen molar-refractivity contribution in [1.82, 2.24) is 26.6 Å². The van der Waals surface area contributed by atoms with Crippen LogP contribution < -0.4 is 43.8 Å². The Bertz CT molecular complexity index is 1120. The van der Waals surface area contributed by atoms with Gasteiger partial charge in [0.05, 0.1) is 18.2 Å². The Labute approximate surface area is 292 Å². The van der Waals surface area contributed by atoms with Crippen LogP contribution in [-0.4, -0.2) is 123 Å². The summed E-state index contributed by atoms with van der Waals surface area (Å²) >= 11 is 0. The molecule has 19 nitrogen and oxygen atoms in total. The molecule has 0 spiro atoms. The summed E-state index contributed by atoms with van der Waals surface area (Å²) < 4.78 is 0. The zero-order valence-electron chi connectivity index (χ0n) is 29.4. The van der Waals surface area contributed by atoms with Gasteiger partial charge < -0.3 is 64.2 Å². The molecule has 8 atom stereocenters. The number of hydrogen-bond acceptors (Lipinski definition) is 12. The lowest BCUT2D eigenvalue weighted by Crippen LogP contribution is -2.61. The zero-order valence-corrected chi connectivity index (χ0v) is 29.4. The third-order valence-electron chi connectivity index (χ3n) is 7.61. The van der Waals surface area contributed by atoms with Crippen LogP contribution in [0.4, 0.5) is 0 Å². The standard InChI is InChI=1S/C31H58N8O11/c1-16(2)15-19(34)26(44)35-20(9-5-7-13-32)27(45)36-21(10-6-8-14-33)28(46)38-24(17(3)40)30(48)37-22(11-12-23(42)43)29(47)39-25(18(4)41)31(49)50/h16-22,24-25,40-41H,5-15,32-34H2,1-4H3,(H,35,44)(H,36,45)(H,37,48)(H,38,46)(H,39,47)(H,42,43)(H,49,50)/t17-,18-,19+,20+,21+,22+,24+,25+/m1/s1. The molecule has 0 bridgehead atoms. The number of aliphatic carboxylic acids is 2. The third kappa shape index (κ3) is 18.2. The van der Waals surface area contributed by atoms with E-state index in [4.69, 9.17) is 22.3 Å². The van der Waals surface area contributed by atoms with E-state index in [1.54, 1.807) is 0 Å². The second kappa shape index (κ2) is 24.3. The smallest absolute Gasteiger partial charge is 0.328 e. The number of nitrogens with one attached hydrogen (secondary N) is 5. The number of carbonyl (C=O) groups is 7. The van der Waals surface area contributed by atoms with Crippen molar-refractivity contribution in [1.29, 1.82) is 0 Å². The minimum absolute atomic E-state index is 0.0544. The first kappa shape index (κ1) is 46.1. The summed E-state index contributed by atoms with van der Waals surface area (Å²) in [6.07, 6.45) is -1.75. The van der Waals surface area contributed by atoms with Crippen LogP contribution in [0.15, 0.2) is 0 Å². The van der Waals surface area contributed by atoms with Gasteiger partial charge in [0.1, 0.15) is 24.2 Å². The van der Waals surface area contributed by atoms with E-state index in [1.165, 1.54) is 0 Å². The lowest BCUT2D eigenvalue weighted by atomic mass is 10.0. The summed E-state index contributed by atoms with van der Waals surface area (Å²) in [6, 6.07) is -8.37. The summed E-state index contributed by atoms with van der Waals surface area (Å²) in [7, 11) is 0. The number of hydrogen-bond donors (Lipinski definition) is 12. The van der Waals surface area contributed by atoms with E-state index < -0.39 is 103 Å². The van der Waals surface area contributed by atoms with Gasteiger partial charge in [-0.25, -0.2) is 4.79 Å². The number of rotatable bonds is 26. The normalized spacial score (nSPS) is 16.0. The quantitative estimate of drug-likeness (QED) is 0.0391. The molecule has 0 unspecified atom stereocenters. The van der Waals surface area contributed by atoms with Crippen LogP contribution in [0.1, 0.15) is 85.5 Å². The topological polar surface area (TPSA) is 339 Å². The van der Waals surface area contributed by atoms with Gasteiger partial charge in [-0.1, -0.05) is 13.8 Å². The number of carboxylic acid groups (broad SMARTS) is 2. The highest BCUT2D eigenvalue weighted by molar-refractivity contribution is 5.96.